The SMILES string of the molecule is CC(C)c1ccccc1N=Cc1cccc([N+](=O)[O-])c1. The fourth-order valence-electron chi connectivity index (χ4n) is 1.96. The third-order valence-electron chi connectivity index (χ3n) is 2.99. The van der Waals surface area contributed by atoms with Crippen molar-refractivity contribution in [3.05, 3.63) is 69.8 Å². The summed E-state index contributed by atoms with van der Waals surface area (Å²) in [5, 5.41) is 10.7. The van der Waals surface area contributed by atoms with Gasteiger partial charge in [0, 0.05) is 18.3 Å². The van der Waals surface area contributed by atoms with E-state index in [9.17, 15) is 10.1 Å². The Hall–Kier alpha value is -2.49. The number of hydrogen-bond acceptors (Lipinski definition) is 3. The molecular formula is C16H16N2O2. The number of hydrogen-bond donors (Lipinski definition) is 0. The molecule has 4 heteroatoms. The maximum atomic E-state index is 10.7. The largest absolute Gasteiger partial charge is 0.270 e. The average Bonchev–Trinajstić information content (AvgIpc) is 2.45. The standard InChI is InChI=1S/C16H16N2O2/c1-12(2)15-8-3-4-9-16(15)17-11-13-6-5-7-14(10-13)18(19)20/h3-12H,1-2H3. The van der Waals surface area contributed by atoms with E-state index in [-0.39, 0.29) is 5.69 Å². The molecule has 0 aliphatic carbocycles. The number of rotatable bonds is 4. The second-order valence-electron chi connectivity index (χ2n) is 4.82. The van der Waals surface area contributed by atoms with E-state index in [0.29, 0.717) is 5.92 Å². The fourth-order valence-corrected chi connectivity index (χ4v) is 1.96. The highest BCUT2D eigenvalue weighted by Gasteiger charge is 2.06. The molecule has 0 heterocycles. The van der Waals surface area contributed by atoms with Crippen molar-refractivity contribution < 1.29 is 4.92 Å². The van der Waals surface area contributed by atoms with Crippen molar-refractivity contribution in [3.63, 3.8) is 0 Å². The van der Waals surface area contributed by atoms with Crippen LogP contribution in [0.1, 0.15) is 30.9 Å². The molecule has 4 nitrogen and oxygen atoms in total. The summed E-state index contributed by atoms with van der Waals surface area (Å²) < 4.78 is 0. The first-order valence-electron chi connectivity index (χ1n) is 6.45. The minimum absolute atomic E-state index is 0.0751. The van der Waals surface area contributed by atoms with E-state index in [0.717, 1.165) is 16.8 Å². The minimum Gasteiger partial charge on any atom is -0.258 e. The average molecular weight is 268 g/mol. The van der Waals surface area contributed by atoms with Crippen molar-refractivity contribution >= 4 is 17.6 Å². The van der Waals surface area contributed by atoms with E-state index in [1.54, 1.807) is 18.3 Å². The molecule has 0 aliphatic rings. The van der Waals surface area contributed by atoms with Gasteiger partial charge in [0.2, 0.25) is 0 Å². The Balaban J connectivity index is 2.30. The lowest BCUT2D eigenvalue weighted by molar-refractivity contribution is -0.384. The summed E-state index contributed by atoms with van der Waals surface area (Å²) >= 11 is 0. The Bertz CT molecular complexity index is 648. The van der Waals surface area contributed by atoms with Crippen molar-refractivity contribution in [1.82, 2.24) is 0 Å². The quantitative estimate of drug-likeness (QED) is 0.466. The number of nitro groups is 1. The molecule has 0 aromatic heterocycles. The molecule has 0 N–H and O–H groups in total. The minimum atomic E-state index is -0.403. The second kappa shape index (κ2) is 6.10. The summed E-state index contributed by atoms with van der Waals surface area (Å²) in [6.07, 6.45) is 1.66. The van der Waals surface area contributed by atoms with Gasteiger partial charge in [0.05, 0.1) is 10.6 Å². The summed E-state index contributed by atoms with van der Waals surface area (Å²) in [6.45, 7) is 4.23. The van der Waals surface area contributed by atoms with E-state index in [2.05, 4.69) is 18.8 Å². The van der Waals surface area contributed by atoms with Crippen molar-refractivity contribution in [2.45, 2.75) is 19.8 Å². The molecule has 102 valence electrons. The lowest BCUT2D eigenvalue weighted by Gasteiger charge is -2.08. The highest BCUT2D eigenvalue weighted by atomic mass is 16.6. The maximum absolute atomic E-state index is 10.7. The zero-order valence-electron chi connectivity index (χ0n) is 11.5. The molecule has 0 saturated carbocycles. The first kappa shape index (κ1) is 13.9. The summed E-state index contributed by atoms with van der Waals surface area (Å²) in [6, 6.07) is 14.4. The molecular weight excluding hydrogens is 252 g/mol. The summed E-state index contributed by atoms with van der Waals surface area (Å²) in [5.41, 5.74) is 2.85. The summed E-state index contributed by atoms with van der Waals surface area (Å²) in [4.78, 5) is 14.8. The van der Waals surface area contributed by atoms with E-state index >= 15 is 0 Å². The number of non-ortho nitro benzene ring substituents is 1. The molecule has 0 unspecified atom stereocenters. The van der Waals surface area contributed by atoms with E-state index in [4.69, 9.17) is 0 Å². The van der Waals surface area contributed by atoms with Crippen LogP contribution in [0.25, 0.3) is 0 Å². The van der Waals surface area contributed by atoms with Crippen LogP contribution in [-0.4, -0.2) is 11.1 Å². The van der Waals surface area contributed by atoms with Gasteiger partial charge in [0.25, 0.3) is 5.69 Å². The molecule has 0 aliphatic heterocycles. The number of benzene rings is 2. The van der Waals surface area contributed by atoms with Gasteiger partial charge in [-0.1, -0.05) is 44.2 Å². The lowest BCUT2D eigenvalue weighted by atomic mass is 10.0. The second-order valence-corrected chi connectivity index (χ2v) is 4.82. The van der Waals surface area contributed by atoms with E-state index in [1.165, 1.54) is 12.1 Å². The van der Waals surface area contributed by atoms with E-state index in [1.807, 2.05) is 24.3 Å². The molecule has 2 aromatic rings. The zero-order valence-corrected chi connectivity index (χ0v) is 11.5. The number of aliphatic imine (C=N–C) groups is 1. The van der Waals surface area contributed by atoms with Gasteiger partial charge in [-0.15, -0.1) is 0 Å². The van der Waals surface area contributed by atoms with Gasteiger partial charge in [-0.25, -0.2) is 0 Å². The summed E-state index contributed by atoms with van der Waals surface area (Å²) in [5.74, 6) is 0.383. The third-order valence-corrected chi connectivity index (χ3v) is 2.99. The van der Waals surface area contributed by atoms with Crippen LogP contribution < -0.4 is 0 Å². The van der Waals surface area contributed by atoms with Crippen LogP contribution in [0.2, 0.25) is 0 Å². The lowest BCUT2D eigenvalue weighted by Crippen LogP contribution is -1.90. The zero-order chi connectivity index (χ0) is 14.5. The molecule has 0 bridgehead atoms. The number of nitro benzene ring substituents is 1. The van der Waals surface area contributed by atoms with Gasteiger partial charge in [0.1, 0.15) is 0 Å². The smallest absolute Gasteiger partial charge is 0.258 e. The Morgan fingerprint density at radius 3 is 2.60 bits per heavy atom. The topological polar surface area (TPSA) is 55.5 Å². The summed E-state index contributed by atoms with van der Waals surface area (Å²) in [7, 11) is 0. The van der Waals surface area contributed by atoms with Crippen LogP contribution in [0.4, 0.5) is 11.4 Å². The van der Waals surface area contributed by atoms with E-state index < -0.39 is 4.92 Å². The van der Waals surface area contributed by atoms with Gasteiger partial charge in [-0.2, -0.15) is 0 Å². The van der Waals surface area contributed by atoms with Gasteiger partial charge in [-0.05, 0) is 23.1 Å². The molecule has 0 atom stereocenters. The maximum Gasteiger partial charge on any atom is 0.270 e. The number of nitrogens with zero attached hydrogens (tertiary/aromatic N) is 2. The van der Waals surface area contributed by atoms with Gasteiger partial charge < -0.3 is 0 Å². The predicted molar refractivity (Wildman–Crippen MR) is 80.9 cm³/mol. The molecule has 2 aromatic carbocycles. The predicted octanol–water partition coefficient (Wildman–Crippen LogP) is 4.47. The van der Waals surface area contributed by atoms with Crippen LogP contribution in [0.5, 0.6) is 0 Å². The fraction of sp³-hybridized carbons (Fsp3) is 0.188. The normalized spacial score (nSPS) is 11.2. The molecule has 20 heavy (non-hydrogen) atoms. The Kier molecular flexibility index (Phi) is 4.25. The van der Waals surface area contributed by atoms with Crippen LogP contribution in [-0.2, 0) is 0 Å². The molecule has 0 spiro atoms. The molecule has 0 fully saturated rings. The van der Waals surface area contributed by atoms with Gasteiger partial charge >= 0.3 is 0 Å². The first-order valence-corrected chi connectivity index (χ1v) is 6.45. The Labute approximate surface area is 117 Å². The van der Waals surface area contributed by atoms with Gasteiger partial charge in [0.15, 0.2) is 0 Å². The monoisotopic (exact) mass is 268 g/mol. The first-order chi connectivity index (χ1) is 9.58. The van der Waals surface area contributed by atoms with Crippen molar-refractivity contribution in [2.75, 3.05) is 0 Å². The van der Waals surface area contributed by atoms with Crippen molar-refractivity contribution in [2.24, 2.45) is 4.99 Å². The molecule has 0 amide bonds. The van der Waals surface area contributed by atoms with Crippen LogP contribution in [0.3, 0.4) is 0 Å². The molecule has 0 saturated heterocycles. The number of para-hydroxylation sites is 1. The van der Waals surface area contributed by atoms with Gasteiger partial charge in [-0.3, -0.25) is 15.1 Å². The van der Waals surface area contributed by atoms with Crippen LogP contribution >= 0.6 is 0 Å². The van der Waals surface area contributed by atoms with Crippen LogP contribution in [0.15, 0.2) is 53.5 Å². The highest BCUT2D eigenvalue weighted by molar-refractivity contribution is 5.83. The Morgan fingerprint density at radius 1 is 1.15 bits per heavy atom. The van der Waals surface area contributed by atoms with Crippen molar-refractivity contribution in [1.29, 1.82) is 0 Å². The van der Waals surface area contributed by atoms with Crippen LogP contribution in [0, 0.1) is 10.1 Å². The highest BCUT2D eigenvalue weighted by Crippen LogP contribution is 2.26. The third kappa shape index (κ3) is 3.29. The molecule has 2 rings (SSSR count). The van der Waals surface area contributed by atoms with Crippen molar-refractivity contribution in [3.8, 4) is 0 Å². The molecule has 0 radical (unpaired) electrons. The Morgan fingerprint density at radius 2 is 1.90 bits per heavy atom.